The van der Waals surface area contributed by atoms with Crippen molar-refractivity contribution in [3.63, 3.8) is 0 Å². The quantitative estimate of drug-likeness (QED) is 0.120. The first-order valence-corrected chi connectivity index (χ1v) is 17.3. The highest BCUT2D eigenvalue weighted by atomic mass is 35.5. The minimum absolute atomic E-state index is 0.0397. The van der Waals surface area contributed by atoms with Gasteiger partial charge in [0.05, 0.1) is 37.3 Å². The zero-order valence-corrected chi connectivity index (χ0v) is 29.9. The smallest absolute Gasteiger partial charge is 0.258 e. The zero-order chi connectivity index (χ0) is 34.9. The van der Waals surface area contributed by atoms with Crippen LogP contribution in [0.25, 0.3) is 0 Å². The number of hydrogen-bond acceptors (Lipinski definition) is 6. The van der Waals surface area contributed by atoms with Crippen molar-refractivity contribution in [2.75, 3.05) is 26.5 Å². The van der Waals surface area contributed by atoms with Crippen molar-refractivity contribution < 1.29 is 28.9 Å². The van der Waals surface area contributed by atoms with Crippen LogP contribution in [-0.4, -0.2) is 60.5 Å². The summed E-state index contributed by atoms with van der Waals surface area (Å²) in [6.45, 7) is 0.0281. The highest BCUT2D eigenvalue weighted by molar-refractivity contribution is 6.43. The van der Waals surface area contributed by atoms with E-state index in [0.717, 1.165) is 16.7 Å². The lowest BCUT2D eigenvalue weighted by Gasteiger charge is -2.30. The predicted molar refractivity (Wildman–Crippen MR) is 193 cm³/mol. The number of benzene rings is 4. The summed E-state index contributed by atoms with van der Waals surface area (Å²) < 4.78 is 16.6. The van der Waals surface area contributed by atoms with E-state index in [0.29, 0.717) is 47.4 Å². The van der Waals surface area contributed by atoms with Gasteiger partial charge < -0.3 is 29.5 Å². The third-order valence-electron chi connectivity index (χ3n) is 7.92. The van der Waals surface area contributed by atoms with Crippen LogP contribution in [0.3, 0.4) is 0 Å². The summed E-state index contributed by atoms with van der Waals surface area (Å²) in [6.07, 6.45) is 0.249. The topological polar surface area (TPSA) is 97.3 Å². The van der Waals surface area contributed by atoms with Gasteiger partial charge >= 0.3 is 0 Å². The molecule has 0 spiro atoms. The molecule has 0 aromatic heterocycles. The number of hydrogen-bond donors (Lipinski definition) is 2. The fourth-order valence-corrected chi connectivity index (χ4v) is 6.21. The van der Waals surface area contributed by atoms with E-state index in [-0.39, 0.29) is 46.5 Å². The maximum Gasteiger partial charge on any atom is 0.258 e. The average molecular weight is 767 g/mol. The molecule has 4 aromatic carbocycles. The molecule has 1 aliphatic rings. The SMILES string of the molecule is O=C(COc1cc(Cl)c(Cl)cc1Cl)NC(Cc1ccccc1)C(O)CN(CCc1ccc2c(c1)OCO2)C(=O)CCc1ccc(Cl)c(Cl)c1. The summed E-state index contributed by atoms with van der Waals surface area (Å²) in [5.41, 5.74) is 2.68. The Morgan fingerprint density at radius 1 is 0.776 bits per heavy atom. The Bertz CT molecular complexity index is 1780. The van der Waals surface area contributed by atoms with Gasteiger partial charge in [0.1, 0.15) is 5.75 Å². The van der Waals surface area contributed by atoms with Crippen molar-refractivity contribution in [2.45, 2.75) is 37.8 Å². The first-order chi connectivity index (χ1) is 23.5. The van der Waals surface area contributed by atoms with Gasteiger partial charge in [0.15, 0.2) is 18.1 Å². The molecule has 2 unspecified atom stereocenters. The van der Waals surface area contributed by atoms with Crippen LogP contribution in [0.4, 0.5) is 0 Å². The Labute approximate surface area is 309 Å². The number of amides is 2. The van der Waals surface area contributed by atoms with Crippen molar-refractivity contribution >= 4 is 69.8 Å². The molecule has 0 aliphatic carbocycles. The summed E-state index contributed by atoms with van der Waals surface area (Å²) in [7, 11) is 0. The van der Waals surface area contributed by atoms with E-state index in [9.17, 15) is 14.7 Å². The first kappa shape index (κ1) is 36.9. The number of carbonyl (C=O) groups is 2. The second-order valence-corrected chi connectivity index (χ2v) is 13.5. The standard InChI is InChI=1S/C36H33Cl5N2O6/c37-25-9-6-23(14-26(25)38)8-11-36(46)43(13-12-24-7-10-32-34(16-24)49-21-48-32)19-31(44)30(15-22-4-2-1-3-5-22)42-35(45)20-47-33-18-28(40)27(39)17-29(33)41/h1-7,9-10,14,16-18,30-31,44H,8,11-13,15,19-21H2,(H,42,45). The largest absolute Gasteiger partial charge is 0.482 e. The fraction of sp³-hybridized carbons (Fsp3) is 0.278. The summed E-state index contributed by atoms with van der Waals surface area (Å²) in [6, 6.07) is 22.4. The Kier molecular flexibility index (Phi) is 13.2. The number of aliphatic hydroxyl groups is 1. The molecule has 0 saturated heterocycles. The van der Waals surface area contributed by atoms with Gasteiger partial charge in [-0.15, -0.1) is 0 Å². The molecule has 0 saturated carbocycles. The normalized spacial score (nSPS) is 13.1. The van der Waals surface area contributed by atoms with Crippen LogP contribution < -0.4 is 19.5 Å². The number of nitrogens with one attached hydrogen (secondary N) is 1. The molecule has 4 aromatic rings. The van der Waals surface area contributed by atoms with E-state index in [1.807, 2.05) is 54.6 Å². The number of carbonyl (C=O) groups excluding carboxylic acids is 2. The summed E-state index contributed by atoms with van der Waals surface area (Å²) in [5.74, 6) is 0.825. The molecule has 0 radical (unpaired) electrons. The van der Waals surface area contributed by atoms with Crippen molar-refractivity contribution in [1.29, 1.82) is 0 Å². The summed E-state index contributed by atoms with van der Waals surface area (Å²) in [5, 5.41) is 16.0. The maximum absolute atomic E-state index is 13.7. The van der Waals surface area contributed by atoms with Crippen molar-refractivity contribution in [2.24, 2.45) is 0 Å². The van der Waals surface area contributed by atoms with Crippen LogP contribution in [-0.2, 0) is 28.9 Å². The number of ether oxygens (including phenoxy) is 3. The third kappa shape index (κ3) is 10.6. The van der Waals surface area contributed by atoms with E-state index >= 15 is 0 Å². The lowest BCUT2D eigenvalue weighted by molar-refractivity contribution is -0.133. The van der Waals surface area contributed by atoms with Crippen LogP contribution in [0.1, 0.15) is 23.1 Å². The van der Waals surface area contributed by atoms with Crippen LogP contribution in [0.15, 0.2) is 78.9 Å². The Balaban J connectivity index is 1.30. The number of halogens is 5. The molecule has 0 bridgehead atoms. The van der Waals surface area contributed by atoms with Gasteiger partial charge in [-0.2, -0.15) is 0 Å². The minimum atomic E-state index is -1.14. The molecule has 8 nitrogen and oxygen atoms in total. The molecular weight excluding hydrogens is 734 g/mol. The van der Waals surface area contributed by atoms with Gasteiger partial charge in [-0.05, 0) is 66.3 Å². The van der Waals surface area contributed by atoms with Gasteiger partial charge in [0.2, 0.25) is 12.7 Å². The second kappa shape index (κ2) is 17.5. The third-order valence-corrected chi connectivity index (χ3v) is 9.68. The van der Waals surface area contributed by atoms with Gasteiger partial charge in [0, 0.05) is 25.6 Å². The number of fused-ring (bicyclic) bond motifs is 1. The summed E-state index contributed by atoms with van der Waals surface area (Å²) in [4.78, 5) is 28.5. The molecule has 0 fully saturated rings. The maximum atomic E-state index is 13.7. The number of aliphatic hydroxyl groups excluding tert-OH is 1. The van der Waals surface area contributed by atoms with Gasteiger partial charge in [0.25, 0.3) is 5.91 Å². The van der Waals surface area contributed by atoms with Crippen LogP contribution in [0.2, 0.25) is 25.1 Å². The van der Waals surface area contributed by atoms with Gasteiger partial charge in [-0.25, -0.2) is 0 Å². The molecule has 5 rings (SSSR count). The molecule has 258 valence electrons. The molecule has 2 N–H and O–H groups in total. The second-order valence-electron chi connectivity index (χ2n) is 11.4. The Morgan fingerprint density at radius 3 is 2.24 bits per heavy atom. The van der Waals surface area contributed by atoms with Crippen molar-refractivity contribution in [3.05, 3.63) is 121 Å². The van der Waals surface area contributed by atoms with Gasteiger partial charge in [-0.1, -0.05) is 100 Å². The van der Waals surface area contributed by atoms with Crippen LogP contribution in [0, 0.1) is 0 Å². The molecule has 1 heterocycles. The molecule has 13 heteroatoms. The minimum Gasteiger partial charge on any atom is -0.482 e. The fourth-order valence-electron chi connectivity index (χ4n) is 5.29. The molecular formula is C36H33Cl5N2O6. The number of aryl methyl sites for hydroxylation is 1. The van der Waals surface area contributed by atoms with Crippen LogP contribution in [0.5, 0.6) is 17.2 Å². The lowest BCUT2D eigenvalue weighted by atomic mass is 10.00. The Morgan fingerprint density at radius 2 is 1.47 bits per heavy atom. The predicted octanol–water partition coefficient (Wildman–Crippen LogP) is 7.85. The zero-order valence-electron chi connectivity index (χ0n) is 26.1. The van der Waals surface area contributed by atoms with Crippen molar-refractivity contribution in [3.8, 4) is 17.2 Å². The molecule has 2 amide bonds. The molecule has 2 atom stereocenters. The highest BCUT2D eigenvalue weighted by Gasteiger charge is 2.27. The number of nitrogens with zero attached hydrogens (tertiary/aromatic N) is 1. The monoisotopic (exact) mass is 764 g/mol. The Hall–Kier alpha value is -3.37. The number of rotatable bonds is 15. The average Bonchev–Trinajstić information content (AvgIpc) is 3.56. The van der Waals surface area contributed by atoms with E-state index in [4.69, 9.17) is 72.2 Å². The van der Waals surface area contributed by atoms with E-state index < -0.39 is 24.7 Å². The molecule has 49 heavy (non-hydrogen) atoms. The lowest BCUT2D eigenvalue weighted by Crippen LogP contribution is -2.51. The van der Waals surface area contributed by atoms with Crippen LogP contribution >= 0.6 is 58.0 Å². The van der Waals surface area contributed by atoms with Gasteiger partial charge in [-0.3, -0.25) is 9.59 Å². The van der Waals surface area contributed by atoms with E-state index in [1.165, 1.54) is 12.1 Å². The van der Waals surface area contributed by atoms with E-state index in [2.05, 4.69) is 5.32 Å². The molecule has 1 aliphatic heterocycles. The van der Waals surface area contributed by atoms with Crippen molar-refractivity contribution in [1.82, 2.24) is 10.2 Å². The summed E-state index contributed by atoms with van der Waals surface area (Å²) >= 11 is 30.6. The van der Waals surface area contributed by atoms with E-state index in [1.54, 1.807) is 17.0 Å². The highest BCUT2D eigenvalue weighted by Crippen LogP contribution is 2.34. The first-order valence-electron chi connectivity index (χ1n) is 15.4.